The molecule has 0 unspecified atom stereocenters. The molecule has 106 valence electrons. The lowest BCUT2D eigenvalue weighted by Crippen LogP contribution is -2.28. The van der Waals surface area contributed by atoms with Crippen LogP contribution < -0.4 is 5.32 Å². The fourth-order valence-corrected chi connectivity index (χ4v) is 1.88. The van der Waals surface area contributed by atoms with Crippen LogP contribution in [0, 0.1) is 0 Å². The Morgan fingerprint density at radius 3 is 2.68 bits per heavy atom. The van der Waals surface area contributed by atoms with Gasteiger partial charge in [-0.05, 0) is 52.1 Å². The van der Waals surface area contributed by atoms with Gasteiger partial charge in [0.1, 0.15) is 0 Å². The number of hydrogen-bond acceptors (Lipinski definition) is 3. The summed E-state index contributed by atoms with van der Waals surface area (Å²) in [7, 11) is 2.10. The average molecular weight is 285 g/mol. The number of nitrogens with one attached hydrogen (secondary N) is 1. The van der Waals surface area contributed by atoms with Crippen LogP contribution in [0.3, 0.4) is 0 Å². The van der Waals surface area contributed by atoms with Crippen molar-refractivity contribution in [3.63, 3.8) is 0 Å². The molecule has 0 amide bonds. The van der Waals surface area contributed by atoms with Crippen LogP contribution in [0.1, 0.15) is 30.6 Å². The van der Waals surface area contributed by atoms with Crippen LogP contribution in [0.4, 0.5) is 5.69 Å². The molecule has 19 heavy (non-hydrogen) atoms. The van der Waals surface area contributed by atoms with E-state index in [1.54, 1.807) is 12.1 Å². The van der Waals surface area contributed by atoms with E-state index in [0.717, 1.165) is 25.2 Å². The normalized spacial score (nSPS) is 11.1. The predicted octanol–water partition coefficient (Wildman–Crippen LogP) is 3.18. The van der Waals surface area contributed by atoms with Crippen molar-refractivity contribution in [1.82, 2.24) is 4.90 Å². The summed E-state index contributed by atoms with van der Waals surface area (Å²) in [6.07, 6.45) is 1.02. The molecule has 0 aromatic heterocycles. The smallest absolute Gasteiger partial charge is 0.337 e. The average Bonchev–Trinajstić information content (AvgIpc) is 2.33. The van der Waals surface area contributed by atoms with Gasteiger partial charge in [0.25, 0.3) is 0 Å². The lowest BCUT2D eigenvalue weighted by Gasteiger charge is -2.20. The summed E-state index contributed by atoms with van der Waals surface area (Å²) in [6.45, 7) is 6.18. The number of halogens is 1. The molecule has 4 nitrogen and oxygen atoms in total. The van der Waals surface area contributed by atoms with Gasteiger partial charge in [0.05, 0.1) is 10.6 Å². The van der Waals surface area contributed by atoms with E-state index in [0.29, 0.717) is 6.04 Å². The number of carboxylic acid groups (broad SMARTS) is 1. The molecule has 2 N–H and O–H groups in total. The maximum absolute atomic E-state index is 10.8. The van der Waals surface area contributed by atoms with E-state index in [1.165, 1.54) is 6.07 Å². The van der Waals surface area contributed by atoms with E-state index in [1.807, 2.05) is 0 Å². The van der Waals surface area contributed by atoms with Gasteiger partial charge < -0.3 is 15.3 Å². The second-order valence-electron chi connectivity index (χ2n) is 4.85. The predicted molar refractivity (Wildman–Crippen MR) is 79.3 cm³/mol. The van der Waals surface area contributed by atoms with E-state index >= 15 is 0 Å². The van der Waals surface area contributed by atoms with Crippen molar-refractivity contribution in [3.8, 4) is 0 Å². The van der Waals surface area contributed by atoms with Gasteiger partial charge in [-0.25, -0.2) is 4.79 Å². The maximum atomic E-state index is 10.8. The minimum absolute atomic E-state index is 0.131. The molecule has 0 fully saturated rings. The van der Waals surface area contributed by atoms with Crippen LogP contribution in [0.15, 0.2) is 18.2 Å². The molecule has 0 atom stereocenters. The molecular weight excluding hydrogens is 264 g/mol. The Labute approximate surface area is 119 Å². The Hall–Kier alpha value is -1.26. The Kier molecular flexibility index (Phi) is 6.12. The van der Waals surface area contributed by atoms with Gasteiger partial charge in [0, 0.05) is 18.3 Å². The van der Waals surface area contributed by atoms with Crippen LogP contribution in [-0.4, -0.2) is 42.2 Å². The number of carboxylic acids is 1. The second kappa shape index (κ2) is 7.36. The summed E-state index contributed by atoms with van der Waals surface area (Å²) in [6, 6.07) is 5.45. The van der Waals surface area contributed by atoms with Crippen molar-refractivity contribution in [2.45, 2.75) is 26.3 Å². The zero-order chi connectivity index (χ0) is 14.4. The van der Waals surface area contributed by atoms with Gasteiger partial charge in [-0.1, -0.05) is 11.6 Å². The van der Waals surface area contributed by atoms with Gasteiger partial charge >= 0.3 is 5.97 Å². The van der Waals surface area contributed by atoms with Crippen molar-refractivity contribution < 1.29 is 9.90 Å². The molecule has 0 spiro atoms. The van der Waals surface area contributed by atoms with Gasteiger partial charge in [0.15, 0.2) is 0 Å². The maximum Gasteiger partial charge on any atom is 0.337 e. The van der Waals surface area contributed by atoms with Gasteiger partial charge in [0.2, 0.25) is 0 Å². The van der Waals surface area contributed by atoms with E-state index in [2.05, 4.69) is 31.1 Å². The lowest BCUT2D eigenvalue weighted by molar-refractivity contribution is 0.0697. The van der Waals surface area contributed by atoms with Gasteiger partial charge in [-0.15, -0.1) is 0 Å². The molecule has 0 bridgehead atoms. The first kappa shape index (κ1) is 15.8. The number of hydrogen-bond donors (Lipinski definition) is 2. The van der Waals surface area contributed by atoms with Gasteiger partial charge in [-0.2, -0.15) is 0 Å². The molecule has 0 aliphatic rings. The quantitative estimate of drug-likeness (QED) is 0.755. The van der Waals surface area contributed by atoms with E-state index in [9.17, 15) is 4.79 Å². The summed E-state index contributed by atoms with van der Waals surface area (Å²) in [5.41, 5.74) is 0.981. The second-order valence-corrected chi connectivity index (χ2v) is 5.26. The SMILES string of the molecule is CC(C)N(C)CCCNc1ccc(C(=O)O)c(Cl)c1. The molecule has 1 rings (SSSR count). The highest BCUT2D eigenvalue weighted by atomic mass is 35.5. The third kappa shape index (κ3) is 5.09. The molecule has 0 saturated heterocycles. The molecule has 0 aliphatic carbocycles. The highest BCUT2D eigenvalue weighted by molar-refractivity contribution is 6.33. The van der Waals surface area contributed by atoms with Crippen molar-refractivity contribution in [1.29, 1.82) is 0 Å². The Morgan fingerprint density at radius 2 is 2.16 bits per heavy atom. The molecule has 1 aromatic carbocycles. The molecule has 0 heterocycles. The van der Waals surface area contributed by atoms with Crippen molar-refractivity contribution in [3.05, 3.63) is 28.8 Å². The third-order valence-electron chi connectivity index (χ3n) is 3.10. The van der Waals surface area contributed by atoms with Crippen LogP contribution in [0.2, 0.25) is 5.02 Å². The lowest BCUT2D eigenvalue weighted by atomic mass is 10.2. The minimum atomic E-state index is -1.00. The molecule has 0 radical (unpaired) electrons. The van der Waals surface area contributed by atoms with Crippen LogP contribution in [0.5, 0.6) is 0 Å². The number of aromatic carboxylic acids is 1. The number of benzene rings is 1. The zero-order valence-electron chi connectivity index (χ0n) is 11.6. The van der Waals surface area contributed by atoms with Crippen molar-refractivity contribution in [2.75, 3.05) is 25.5 Å². The number of rotatable bonds is 7. The summed E-state index contributed by atoms with van der Waals surface area (Å²) in [4.78, 5) is 13.1. The Balaban J connectivity index is 2.42. The fraction of sp³-hybridized carbons (Fsp3) is 0.500. The number of nitrogens with zero attached hydrogens (tertiary/aromatic N) is 1. The fourth-order valence-electron chi connectivity index (χ4n) is 1.62. The zero-order valence-corrected chi connectivity index (χ0v) is 12.4. The van der Waals surface area contributed by atoms with Crippen molar-refractivity contribution >= 4 is 23.3 Å². The first-order valence-electron chi connectivity index (χ1n) is 6.38. The third-order valence-corrected chi connectivity index (χ3v) is 3.41. The monoisotopic (exact) mass is 284 g/mol. The summed E-state index contributed by atoms with van der Waals surface area (Å²) >= 11 is 5.90. The summed E-state index contributed by atoms with van der Waals surface area (Å²) in [5, 5.41) is 12.4. The van der Waals surface area contributed by atoms with Gasteiger partial charge in [-0.3, -0.25) is 0 Å². The molecule has 0 saturated carbocycles. The molecule has 5 heteroatoms. The molecule has 1 aromatic rings. The standard InChI is InChI=1S/C14H21ClN2O2/c1-10(2)17(3)8-4-7-16-11-5-6-12(14(18)19)13(15)9-11/h5-6,9-10,16H,4,7-8H2,1-3H3,(H,18,19). The van der Waals surface area contributed by atoms with E-state index in [4.69, 9.17) is 16.7 Å². The summed E-state index contributed by atoms with van der Waals surface area (Å²) in [5.74, 6) is -1.00. The van der Waals surface area contributed by atoms with E-state index < -0.39 is 5.97 Å². The van der Waals surface area contributed by atoms with E-state index in [-0.39, 0.29) is 10.6 Å². The molecular formula is C14H21ClN2O2. The highest BCUT2D eigenvalue weighted by Crippen LogP contribution is 2.20. The Bertz CT molecular complexity index is 435. The summed E-state index contributed by atoms with van der Waals surface area (Å²) < 4.78 is 0. The van der Waals surface area contributed by atoms with Crippen LogP contribution in [0.25, 0.3) is 0 Å². The number of anilines is 1. The largest absolute Gasteiger partial charge is 0.478 e. The first-order chi connectivity index (χ1) is 8.91. The molecule has 0 aliphatic heterocycles. The van der Waals surface area contributed by atoms with Crippen LogP contribution in [-0.2, 0) is 0 Å². The first-order valence-corrected chi connectivity index (χ1v) is 6.76. The topological polar surface area (TPSA) is 52.6 Å². The number of carbonyl (C=O) groups is 1. The van der Waals surface area contributed by atoms with Crippen LogP contribution >= 0.6 is 11.6 Å². The minimum Gasteiger partial charge on any atom is -0.478 e. The van der Waals surface area contributed by atoms with Crippen molar-refractivity contribution in [2.24, 2.45) is 0 Å². The highest BCUT2D eigenvalue weighted by Gasteiger charge is 2.08. The Morgan fingerprint density at radius 1 is 1.47 bits per heavy atom.